The highest BCUT2D eigenvalue weighted by Gasteiger charge is 2.24. The minimum Gasteiger partial charge on any atom is -0.368 e. The van der Waals surface area contributed by atoms with Crippen LogP contribution in [0.2, 0.25) is 0 Å². The van der Waals surface area contributed by atoms with Crippen molar-refractivity contribution in [2.45, 2.75) is 52.1 Å². The molecule has 2 aliphatic rings. The second-order valence-corrected chi connectivity index (χ2v) is 8.39. The predicted octanol–water partition coefficient (Wildman–Crippen LogP) is 2.54. The van der Waals surface area contributed by atoms with Crippen LogP contribution in [0, 0.1) is 13.8 Å². The number of hydrogen-bond acceptors (Lipinski definition) is 5. The van der Waals surface area contributed by atoms with Gasteiger partial charge in [0.1, 0.15) is 11.6 Å². The van der Waals surface area contributed by atoms with Crippen molar-refractivity contribution < 1.29 is 4.79 Å². The number of piperazine rings is 1. The number of primary amides is 1. The summed E-state index contributed by atoms with van der Waals surface area (Å²) in [4.78, 5) is 22.4. The van der Waals surface area contributed by atoms with Crippen LogP contribution in [0.15, 0.2) is 24.3 Å². The van der Waals surface area contributed by atoms with E-state index in [1.807, 2.05) is 18.5 Å². The monoisotopic (exact) mass is 411 g/mol. The van der Waals surface area contributed by atoms with Crippen molar-refractivity contribution in [3.05, 3.63) is 35.9 Å². The van der Waals surface area contributed by atoms with E-state index in [2.05, 4.69) is 44.1 Å². The number of anilines is 2. The molecule has 3 heterocycles. The number of nitrogens with zero attached hydrogens (tertiary/aromatic N) is 6. The van der Waals surface area contributed by atoms with Crippen LogP contribution in [-0.4, -0.2) is 64.5 Å². The Morgan fingerprint density at radius 3 is 2.37 bits per heavy atom. The van der Waals surface area contributed by atoms with Crippen LogP contribution in [0.3, 0.4) is 0 Å². The fourth-order valence-corrected chi connectivity index (χ4v) is 4.72. The fraction of sp³-hybridized carbons (Fsp3) is 0.591. The molecular formula is C22H33N7O. The van der Waals surface area contributed by atoms with Gasteiger partial charge < -0.3 is 20.4 Å². The molecule has 1 aromatic carbocycles. The summed E-state index contributed by atoms with van der Waals surface area (Å²) in [6.07, 6.45) is 4.84. The number of hydrogen-bond donors (Lipinski definition) is 1. The van der Waals surface area contributed by atoms with Gasteiger partial charge in [-0.25, -0.2) is 9.78 Å². The van der Waals surface area contributed by atoms with Crippen LogP contribution < -0.4 is 15.5 Å². The number of urea groups is 1. The summed E-state index contributed by atoms with van der Waals surface area (Å²) < 4.78 is 2.04. The van der Waals surface area contributed by atoms with Gasteiger partial charge in [-0.05, 0) is 63.8 Å². The second kappa shape index (κ2) is 8.93. The highest BCUT2D eigenvalue weighted by atomic mass is 16.2. The van der Waals surface area contributed by atoms with Gasteiger partial charge in [-0.1, -0.05) is 0 Å². The lowest BCUT2D eigenvalue weighted by Gasteiger charge is -2.38. The van der Waals surface area contributed by atoms with E-state index in [4.69, 9.17) is 5.73 Å². The predicted molar refractivity (Wildman–Crippen MR) is 119 cm³/mol. The van der Waals surface area contributed by atoms with Crippen LogP contribution in [0.4, 0.5) is 16.2 Å². The molecular weight excluding hydrogens is 378 g/mol. The summed E-state index contributed by atoms with van der Waals surface area (Å²) in [5.41, 5.74) is 7.90. The Hall–Kier alpha value is -2.77. The number of carbonyl (C=O) groups excluding carboxylic acids is 1. The molecule has 0 spiro atoms. The molecule has 1 aromatic heterocycles. The van der Waals surface area contributed by atoms with E-state index in [1.165, 1.54) is 30.6 Å². The number of aromatic nitrogens is 3. The lowest BCUT2D eigenvalue weighted by atomic mass is 9.98. The third kappa shape index (κ3) is 4.52. The molecule has 2 aromatic rings. The molecule has 2 amide bonds. The molecule has 0 radical (unpaired) electrons. The number of amides is 2. The Morgan fingerprint density at radius 1 is 1.03 bits per heavy atom. The lowest BCUT2D eigenvalue weighted by molar-refractivity contribution is 0.204. The Bertz CT molecular complexity index is 855. The number of nitrogens with two attached hydrogens (primary N) is 1. The van der Waals surface area contributed by atoms with Gasteiger partial charge in [0.2, 0.25) is 0 Å². The van der Waals surface area contributed by atoms with E-state index in [9.17, 15) is 4.79 Å². The first-order valence-corrected chi connectivity index (χ1v) is 11.1. The quantitative estimate of drug-likeness (QED) is 0.817. The van der Waals surface area contributed by atoms with Gasteiger partial charge in [-0.15, -0.1) is 0 Å². The highest BCUT2D eigenvalue weighted by molar-refractivity contribution is 5.72. The molecule has 4 rings (SSSR count). The van der Waals surface area contributed by atoms with Crippen LogP contribution in [0.25, 0.3) is 0 Å². The molecule has 162 valence electrons. The van der Waals surface area contributed by atoms with E-state index in [0.717, 1.165) is 44.2 Å². The van der Waals surface area contributed by atoms with Crippen molar-refractivity contribution in [2.24, 2.45) is 5.73 Å². The molecule has 1 atom stereocenters. The van der Waals surface area contributed by atoms with Crippen molar-refractivity contribution in [3.63, 3.8) is 0 Å². The topological polar surface area (TPSA) is 83.5 Å². The van der Waals surface area contributed by atoms with Gasteiger partial charge in [0.15, 0.2) is 0 Å². The van der Waals surface area contributed by atoms with E-state index in [1.54, 1.807) is 4.90 Å². The molecule has 0 bridgehead atoms. The number of aryl methyl sites for hydroxylation is 3. The van der Waals surface area contributed by atoms with Crippen molar-refractivity contribution in [1.82, 2.24) is 19.7 Å². The summed E-state index contributed by atoms with van der Waals surface area (Å²) >= 11 is 0. The molecule has 2 fully saturated rings. The molecule has 1 unspecified atom stereocenters. The molecule has 2 aliphatic heterocycles. The Kier molecular flexibility index (Phi) is 6.11. The van der Waals surface area contributed by atoms with Crippen molar-refractivity contribution in [1.29, 1.82) is 0 Å². The number of piperidine rings is 1. The summed E-state index contributed by atoms with van der Waals surface area (Å²) in [6.45, 7) is 9.02. The summed E-state index contributed by atoms with van der Waals surface area (Å²) in [7, 11) is 0. The van der Waals surface area contributed by atoms with Crippen LogP contribution in [-0.2, 0) is 6.54 Å². The zero-order chi connectivity index (χ0) is 21.1. The molecule has 2 N–H and O–H groups in total. The number of carbonyl (C=O) groups is 1. The molecule has 8 heteroatoms. The average Bonchev–Trinajstić information content (AvgIpc) is 3.09. The Balaban J connectivity index is 1.39. The van der Waals surface area contributed by atoms with E-state index in [-0.39, 0.29) is 6.03 Å². The maximum absolute atomic E-state index is 11.3. The highest BCUT2D eigenvalue weighted by Crippen LogP contribution is 2.29. The molecule has 8 nitrogen and oxygen atoms in total. The third-order valence-corrected chi connectivity index (χ3v) is 6.40. The fourth-order valence-electron chi connectivity index (χ4n) is 4.72. The van der Waals surface area contributed by atoms with Crippen molar-refractivity contribution in [2.75, 3.05) is 42.5 Å². The molecule has 0 saturated carbocycles. The first-order chi connectivity index (χ1) is 14.5. The van der Waals surface area contributed by atoms with Gasteiger partial charge in [0.05, 0.1) is 0 Å². The van der Waals surface area contributed by atoms with E-state index < -0.39 is 0 Å². The van der Waals surface area contributed by atoms with Gasteiger partial charge in [-0.2, -0.15) is 5.10 Å². The number of benzene rings is 1. The normalized spacial score (nSPS) is 19.9. The van der Waals surface area contributed by atoms with Gasteiger partial charge >= 0.3 is 6.03 Å². The zero-order valence-corrected chi connectivity index (χ0v) is 18.1. The van der Waals surface area contributed by atoms with E-state index >= 15 is 0 Å². The second-order valence-electron chi connectivity index (χ2n) is 8.39. The Labute approximate surface area is 178 Å². The van der Waals surface area contributed by atoms with E-state index in [0.29, 0.717) is 19.1 Å². The van der Waals surface area contributed by atoms with Gasteiger partial charge in [-0.3, -0.25) is 4.68 Å². The SMILES string of the molecule is Cc1nc(C)n(CCC2CCCCN2c2ccc(N3CCN(C(N)=O)CC3)cc2)n1. The smallest absolute Gasteiger partial charge is 0.314 e. The first-order valence-electron chi connectivity index (χ1n) is 11.1. The average molecular weight is 412 g/mol. The summed E-state index contributed by atoms with van der Waals surface area (Å²) in [5, 5.41) is 4.52. The van der Waals surface area contributed by atoms with Gasteiger partial charge in [0.25, 0.3) is 0 Å². The van der Waals surface area contributed by atoms with Crippen LogP contribution in [0.5, 0.6) is 0 Å². The lowest BCUT2D eigenvalue weighted by Crippen LogP contribution is -2.50. The summed E-state index contributed by atoms with van der Waals surface area (Å²) in [5.74, 6) is 1.84. The number of rotatable bonds is 5. The van der Waals surface area contributed by atoms with Crippen molar-refractivity contribution in [3.8, 4) is 0 Å². The largest absolute Gasteiger partial charge is 0.368 e. The third-order valence-electron chi connectivity index (χ3n) is 6.40. The maximum Gasteiger partial charge on any atom is 0.314 e. The molecule has 30 heavy (non-hydrogen) atoms. The maximum atomic E-state index is 11.3. The first kappa shape index (κ1) is 20.5. The standard InChI is InChI=1S/C22H33N7O/c1-17-24-18(2)29(25-17)12-10-20-5-3-4-11-28(20)21-8-6-19(7-9-21)26-13-15-27(16-14-26)22(23)30/h6-9,20H,3-5,10-16H2,1-2H3,(H2,23,30). The Morgan fingerprint density at radius 2 is 1.73 bits per heavy atom. The van der Waals surface area contributed by atoms with Crippen molar-refractivity contribution >= 4 is 17.4 Å². The minimum absolute atomic E-state index is 0.322. The molecule has 2 saturated heterocycles. The zero-order valence-electron chi connectivity index (χ0n) is 18.1. The van der Waals surface area contributed by atoms with Crippen LogP contribution in [0.1, 0.15) is 37.3 Å². The minimum atomic E-state index is -0.322. The summed E-state index contributed by atoms with van der Waals surface area (Å²) in [6, 6.07) is 9.14. The van der Waals surface area contributed by atoms with Crippen LogP contribution >= 0.6 is 0 Å². The van der Waals surface area contributed by atoms with Gasteiger partial charge in [0, 0.05) is 56.7 Å². The molecule has 0 aliphatic carbocycles.